The number of anilines is 2. The Hall–Kier alpha value is -3.52. The van der Waals surface area contributed by atoms with Crippen molar-refractivity contribution in [3.05, 3.63) is 119 Å². The number of hydrogen-bond donors (Lipinski definition) is 2. The zero-order valence-corrected chi connectivity index (χ0v) is 15.8. The van der Waals surface area contributed by atoms with Crippen LogP contribution in [-0.2, 0) is 0 Å². The van der Waals surface area contributed by atoms with Crippen LogP contribution in [-0.4, -0.2) is 0 Å². The van der Waals surface area contributed by atoms with Crippen LogP contribution in [0, 0.1) is 0 Å². The van der Waals surface area contributed by atoms with Crippen LogP contribution in [0.2, 0.25) is 0 Å². The van der Waals surface area contributed by atoms with Crippen LogP contribution in [0.3, 0.4) is 0 Å². The third-order valence-corrected chi connectivity index (χ3v) is 4.99. The summed E-state index contributed by atoms with van der Waals surface area (Å²) in [4.78, 5) is 0. The topological polar surface area (TPSA) is 52.0 Å². The highest BCUT2D eigenvalue weighted by atomic mass is 14.5. The average Bonchev–Trinajstić information content (AvgIpc) is 2.75. The molecule has 0 aliphatic heterocycles. The van der Waals surface area contributed by atoms with Crippen LogP contribution in [0.1, 0.15) is 29.5 Å². The van der Waals surface area contributed by atoms with E-state index in [0.29, 0.717) is 0 Å². The van der Waals surface area contributed by atoms with Gasteiger partial charge in [-0.25, -0.2) is 0 Å². The van der Waals surface area contributed by atoms with Gasteiger partial charge in [0.2, 0.25) is 0 Å². The lowest BCUT2D eigenvalue weighted by Crippen LogP contribution is -2.00. The molecular formula is C26H24N2. The zero-order chi connectivity index (χ0) is 19.3. The summed E-state index contributed by atoms with van der Waals surface area (Å²) in [6, 6.07) is 26.8. The average molecular weight is 364 g/mol. The van der Waals surface area contributed by atoms with Gasteiger partial charge in [0.15, 0.2) is 0 Å². The van der Waals surface area contributed by atoms with Crippen molar-refractivity contribution in [3.63, 3.8) is 0 Å². The number of nitrogen functional groups attached to an aromatic ring is 2. The summed E-state index contributed by atoms with van der Waals surface area (Å²) >= 11 is 0. The molecule has 4 rings (SSSR count). The molecule has 0 radical (unpaired) electrons. The molecule has 0 fully saturated rings. The second-order valence-electron chi connectivity index (χ2n) is 7.00. The van der Waals surface area contributed by atoms with Crippen molar-refractivity contribution in [2.45, 2.75) is 12.8 Å². The van der Waals surface area contributed by atoms with Crippen molar-refractivity contribution in [3.8, 4) is 0 Å². The Kier molecular flexibility index (Phi) is 5.11. The molecule has 0 atom stereocenters. The highest BCUT2D eigenvalue weighted by Gasteiger charge is 2.17. The van der Waals surface area contributed by atoms with Crippen LogP contribution in [0.5, 0.6) is 0 Å². The molecular weight excluding hydrogens is 340 g/mol. The molecule has 0 heterocycles. The van der Waals surface area contributed by atoms with Gasteiger partial charge in [-0.3, -0.25) is 0 Å². The quantitative estimate of drug-likeness (QED) is 0.435. The second kappa shape index (κ2) is 8.01. The van der Waals surface area contributed by atoms with Crippen LogP contribution in [0.4, 0.5) is 11.4 Å². The summed E-state index contributed by atoms with van der Waals surface area (Å²) in [5, 5.41) is 0. The molecule has 0 saturated carbocycles. The Balaban J connectivity index is 2.04. The minimum atomic E-state index is 0.766. The fraction of sp³-hybridized carbons (Fsp3) is 0.0769. The Labute approximate surface area is 166 Å². The number of benzene rings is 3. The molecule has 2 nitrogen and oxygen atoms in total. The number of rotatable bonds is 4. The molecule has 1 aliphatic carbocycles. The first-order valence-corrected chi connectivity index (χ1v) is 9.61. The van der Waals surface area contributed by atoms with Crippen molar-refractivity contribution in [2.24, 2.45) is 0 Å². The summed E-state index contributed by atoms with van der Waals surface area (Å²) in [5.74, 6) is 0. The van der Waals surface area contributed by atoms with Gasteiger partial charge < -0.3 is 11.5 Å². The summed E-state index contributed by atoms with van der Waals surface area (Å²) in [7, 11) is 0. The van der Waals surface area contributed by atoms with E-state index in [9.17, 15) is 0 Å². The first-order valence-electron chi connectivity index (χ1n) is 9.61. The lowest BCUT2D eigenvalue weighted by atomic mass is 9.84. The van der Waals surface area contributed by atoms with E-state index >= 15 is 0 Å². The van der Waals surface area contributed by atoms with Crippen LogP contribution in [0.15, 0.2) is 103 Å². The van der Waals surface area contributed by atoms with E-state index < -0.39 is 0 Å². The van der Waals surface area contributed by atoms with Crippen molar-refractivity contribution in [1.82, 2.24) is 0 Å². The highest BCUT2D eigenvalue weighted by Crippen LogP contribution is 2.38. The van der Waals surface area contributed by atoms with Gasteiger partial charge >= 0.3 is 0 Å². The summed E-state index contributed by atoms with van der Waals surface area (Å²) in [5.41, 5.74) is 20.6. The van der Waals surface area contributed by atoms with Crippen LogP contribution >= 0.6 is 0 Å². The number of nitrogens with two attached hydrogens (primary N) is 2. The molecule has 2 heteroatoms. The summed E-state index contributed by atoms with van der Waals surface area (Å²) in [6.45, 7) is 0. The first kappa shape index (κ1) is 17.9. The maximum atomic E-state index is 5.96. The molecule has 0 saturated heterocycles. The zero-order valence-electron chi connectivity index (χ0n) is 15.8. The molecule has 0 unspecified atom stereocenters. The minimum Gasteiger partial charge on any atom is -0.399 e. The fourth-order valence-corrected chi connectivity index (χ4v) is 3.61. The molecule has 1 aliphatic rings. The monoisotopic (exact) mass is 364 g/mol. The van der Waals surface area contributed by atoms with Gasteiger partial charge in [0, 0.05) is 11.4 Å². The number of allylic oxidation sites excluding steroid dienone is 5. The second-order valence-corrected chi connectivity index (χ2v) is 7.00. The van der Waals surface area contributed by atoms with Crippen LogP contribution < -0.4 is 11.5 Å². The molecule has 0 spiro atoms. The maximum Gasteiger partial charge on any atom is 0.0314 e. The number of hydrogen-bond acceptors (Lipinski definition) is 2. The molecule has 0 amide bonds. The van der Waals surface area contributed by atoms with Gasteiger partial charge in [0.1, 0.15) is 0 Å². The van der Waals surface area contributed by atoms with Crippen molar-refractivity contribution in [1.29, 1.82) is 0 Å². The van der Waals surface area contributed by atoms with E-state index in [1.807, 2.05) is 30.3 Å². The smallest absolute Gasteiger partial charge is 0.0314 e. The lowest BCUT2D eigenvalue weighted by Gasteiger charge is -2.20. The SMILES string of the molecule is Nc1ccc(/C(C2=CCCC=C2)=C(/c2ccccc2)c2ccc(N)cc2)cc1. The predicted octanol–water partition coefficient (Wildman–Crippen LogP) is 6.09. The molecule has 28 heavy (non-hydrogen) atoms. The third-order valence-electron chi connectivity index (χ3n) is 4.99. The van der Waals surface area contributed by atoms with E-state index in [4.69, 9.17) is 11.5 Å². The first-order chi connectivity index (χ1) is 13.7. The maximum absolute atomic E-state index is 5.96. The Bertz CT molecular complexity index is 1040. The van der Waals surface area contributed by atoms with E-state index in [0.717, 1.165) is 35.3 Å². The summed E-state index contributed by atoms with van der Waals surface area (Å²) < 4.78 is 0. The fourth-order valence-electron chi connectivity index (χ4n) is 3.61. The van der Waals surface area contributed by atoms with Gasteiger partial charge in [0.25, 0.3) is 0 Å². The van der Waals surface area contributed by atoms with Gasteiger partial charge in [-0.2, -0.15) is 0 Å². The van der Waals surface area contributed by atoms with E-state index in [-0.39, 0.29) is 0 Å². The van der Waals surface area contributed by atoms with Crippen molar-refractivity contribution < 1.29 is 0 Å². The van der Waals surface area contributed by atoms with E-state index in [2.05, 4.69) is 66.8 Å². The predicted molar refractivity (Wildman–Crippen MR) is 121 cm³/mol. The Morgan fingerprint density at radius 2 is 1.11 bits per heavy atom. The molecule has 138 valence electrons. The van der Waals surface area contributed by atoms with Crippen molar-refractivity contribution in [2.75, 3.05) is 11.5 Å². The molecule has 4 N–H and O–H groups in total. The molecule has 3 aromatic rings. The molecule has 0 bridgehead atoms. The minimum absolute atomic E-state index is 0.766. The van der Waals surface area contributed by atoms with Gasteiger partial charge in [0.05, 0.1) is 0 Å². The highest BCUT2D eigenvalue weighted by molar-refractivity contribution is 6.05. The lowest BCUT2D eigenvalue weighted by molar-refractivity contribution is 1.03. The summed E-state index contributed by atoms with van der Waals surface area (Å²) in [6.07, 6.45) is 8.94. The van der Waals surface area contributed by atoms with Gasteiger partial charge in [-0.15, -0.1) is 0 Å². The largest absolute Gasteiger partial charge is 0.399 e. The Morgan fingerprint density at radius 1 is 0.571 bits per heavy atom. The third kappa shape index (κ3) is 3.77. The van der Waals surface area contributed by atoms with Gasteiger partial charge in [-0.05, 0) is 70.5 Å². The Morgan fingerprint density at radius 3 is 1.64 bits per heavy atom. The normalized spacial score (nSPS) is 14.4. The van der Waals surface area contributed by atoms with E-state index in [1.54, 1.807) is 0 Å². The van der Waals surface area contributed by atoms with Crippen molar-refractivity contribution >= 4 is 22.5 Å². The molecule has 3 aromatic carbocycles. The standard InChI is InChI=1S/C26H24N2/c27-23-15-11-21(12-16-23)25(19-7-3-1-4-8-19)26(20-9-5-2-6-10-20)22-13-17-24(28)18-14-22/h1,3-5,7-18H,2,6,27-28H2/b26-25-. The van der Waals surface area contributed by atoms with E-state index in [1.165, 1.54) is 22.3 Å². The van der Waals surface area contributed by atoms with Crippen LogP contribution in [0.25, 0.3) is 11.1 Å². The molecule has 0 aromatic heterocycles. The van der Waals surface area contributed by atoms with Gasteiger partial charge in [-0.1, -0.05) is 72.8 Å².